The SMILES string of the molecule is CCCCCCCCCCCC[N+](C)(C)C.CCCC[N+](C)(C)C.O=S(=O)([O-])O.[Cl-]. The lowest BCUT2D eigenvalue weighted by molar-refractivity contribution is -0.870. The lowest BCUT2D eigenvalue weighted by atomic mass is 10.1. The largest absolute Gasteiger partial charge is 1.00 e. The third-order valence-electron chi connectivity index (χ3n) is 4.36. The van der Waals surface area contributed by atoms with Crippen LogP contribution in [0, 0.1) is 0 Å². The Kier molecular flexibility index (Phi) is 27.8. The fourth-order valence-corrected chi connectivity index (χ4v) is 2.71. The lowest BCUT2D eigenvalue weighted by Crippen LogP contribution is -3.00. The summed E-state index contributed by atoms with van der Waals surface area (Å²) in [7, 11) is 8.64. The molecule has 6 nitrogen and oxygen atoms in total. The summed E-state index contributed by atoms with van der Waals surface area (Å²) < 4.78 is 35.1. The van der Waals surface area contributed by atoms with Crippen molar-refractivity contribution in [3.05, 3.63) is 0 Å². The Bertz CT molecular complexity index is 425. The molecular formula is C22H53ClN2O4S. The molecule has 0 aliphatic heterocycles. The van der Waals surface area contributed by atoms with Gasteiger partial charge in [0.2, 0.25) is 10.4 Å². The molecule has 0 saturated carbocycles. The number of hydrogen-bond acceptors (Lipinski definition) is 3. The molecule has 0 aliphatic rings. The van der Waals surface area contributed by atoms with E-state index in [-0.39, 0.29) is 12.4 Å². The molecule has 1 N–H and O–H groups in total. The van der Waals surface area contributed by atoms with Crippen LogP contribution >= 0.6 is 0 Å². The van der Waals surface area contributed by atoms with Crippen molar-refractivity contribution in [2.75, 3.05) is 55.4 Å². The first-order valence-electron chi connectivity index (χ1n) is 11.4. The maximum Gasteiger partial charge on any atom is 0.215 e. The van der Waals surface area contributed by atoms with E-state index in [2.05, 4.69) is 56.1 Å². The van der Waals surface area contributed by atoms with Crippen molar-refractivity contribution in [2.45, 2.75) is 90.9 Å². The Labute approximate surface area is 195 Å². The molecule has 188 valence electrons. The fraction of sp³-hybridized carbons (Fsp3) is 1.00. The van der Waals surface area contributed by atoms with Crippen LogP contribution in [0.2, 0.25) is 0 Å². The first-order valence-corrected chi connectivity index (χ1v) is 12.8. The van der Waals surface area contributed by atoms with Crippen LogP contribution in [-0.4, -0.2) is 81.9 Å². The second-order valence-corrected chi connectivity index (χ2v) is 10.8. The van der Waals surface area contributed by atoms with Crippen LogP contribution in [0.5, 0.6) is 0 Å². The van der Waals surface area contributed by atoms with Gasteiger partial charge in [0.1, 0.15) is 0 Å². The number of rotatable bonds is 14. The molecule has 0 aromatic heterocycles. The van der Waals surface area contributed by atoms with Gasteiger partial charge in [-0.25, -0.2) is 8.42 Å². The van der Waals surface area contributed by atoms with Gasteiger partial charge in [0.05, 0.1) is 55.4 Å². The zero-order valence-corrected chi connectivity index (χ0v) is 22.8. The Balaban J connectivity index is -0.000000201. The zero-order chi connectivity index (χ0) is 23.4. The summed E-state index contributed by atoms with van der Waals surface area (Å²) >= 11 is 0. The number of nitrogens with zero attached hydrogens (tertiary/aromatic N) is 2. The van der Waals surface area contributed by atoms with Crippen molar-refractivity contribution in [1.82, 2.24) is 0 Å². The maximum atomic E-state index is 8.63. The minimum atomic E-state index is -4.92. The van der Waals surface area contributed by atoms with E-state index in [0.29, 0.717) is 0 Å². The third kappa shape index (κ3) is 63.0. The van der Waals surface area contributed by atoms with Gasteiger partial charge in [-0.3, -0.25) is 4.55 Å². The van der Waals surface area contributed by atoms with Crippen molar-refractivity contribution in [1.29, 1.82) is 0 Å². The van der Waals surface area contributed by atoms with Crippen LogP contribution in [0.1, 0.15) is 90.9 Å². The van der Waals surface area contributed by atoms with Gasteiger partial charge in [-0.2, -0.15) is 0 Å². The van der Waals surface area contributed by atoms with E-state index >= 15 is 0 Å². The topological polar surface area (TPSA) is 77.4 Å². The molecule has 8 heteroatoms. The molecule has 0 spiro atoms. The van der Waals surface area contributed by atoms with Gasteiger partial charge >= 0.3 is 0 Å². The van der Waals surface area contributed by atoms with Gasteiger partial charge in [-0.05, 0) is 19.3 Å². The van der Waals surface area contributed by atoms with Gasteiger partial charge in [0, 0.05) is 0 Å². The molecule has 0 amide bonds. The Hall–Kier alpha value is 0.0800. The van der Waals surface area contributed by atoms with Crippen molar-refractivity contribution in [2.24, 2.45) is 0 Å². The van der Waals surface area contributed by atoms with Crippen molar-refractivity contribution in [3.63, 3.8) is 0 Å². The molecule has 0 aliphatic carbocycles. The zero-order valence-electron chi connectivity index (χ0n) is 21.3. The number of hydrogen-bond donors (Lipinski definition) is 1. The predicted octanol–water partition coefficient (Wildman–Crippen LogP) is 2.11. The molecule has 0 rings (SSSR count). The monoisotopic (exact) mass is 476 g/mol. The van der Waals surface area contributed by atoms with Crippen molar-refractivity contribution in [3.8, 4) is 0 Å². The minimum absolute atomic E-state index is 0. The second kappa shape index (κ2) is 22.3. The summed E-state index contributed by atoms with van der Waals surface area (Å²) in [5.41, 5.74) is 0. The highest BCUT2D eigenvalue weighted by Crippen LogP contribution is 2.11. The smallest absolute Gasteiger partial charge is 0.215 e. The van der Waals surface area contributed by atoms with Crippen molar-refractivity contribution < 1.29 is 38.9 Å². The molecule has 0 aromatic rings. The highest BCUT2D eigenvalue weighted by Gasteiger charge is 2.05. The molecule has 0 bridgehead atoms. The first-order chi connectivity index (χ1) is 13.1. The Morgan fingerprint density at radius 2 is 0.833 bits per heavy atom. The summed E-state index contributed by atoms with van der Waals surface area (Å²) in [5, 5.41) is 0. The molecule has 0 saturated heterocycles. The van der Waals surface area contributed by atoms with Gasteiger partial charge in [0.25, 0.3) is 0 Å². The molecular weight excluding hydrogens is 424 g/mol. The first kappa shape index (κ1) is 37.4. The summed E-state index contributed by atoms with van der Waals surface area (Å²) in [5.74, 6) is 0. The molecule has 30 heavy (non-hydrogen) atoms. The number of unbranched alkanes of at least 4 members (excludes halogenated alkanes) is 10. The number of halogens is 1. The van der Waals surface area contributed by atoms with Crippen LogP contribution in [0.25, 0.3) is 0 Å². The van der Waals surface area contributed by atoms with Crippen molar-refractivity contribution >= 4 is 10.4 Å². The van der Waals surface area contributed by atoms with E-state index in [9.17, 15) is 0 Å². The summed E-state index contributed by atoms with van der Waals surface area (Å²) in [6.07, 6.45) is 17.1. The Morgan fingerprint density at radius 3 is 1.07 bits per heavy atom. The summed E-state index contributed by atoms with van der Waals surface area (Å²) in [4.78, 5) is 0. The van der Waals surface area contributed by atoms with E-state index in [0.717, 1.165) is 8.97 Å². The van der Waals surface area contributed by atoms with Crippen LogP contribution < -0.4 is 12.4 Å². The standard InChI is InChI=1S/C15H34N.C7H18N.ClH.H2O4S/c1-5-6-7-8-9-10-11-12-13-14-15-16(2,3)4;1-5-6-7-8(2,3)4;;1-5(2,3)4/h5-15H2,1-4H3;5-7H2,1-4H3;1H;(H2,1,2,3,4)/q2*+1;;/p-2. The molecule has 0 radical (unpaired) electrons. The van der Waals surface area contributed by atoms with Crippen LogP contribution in [-0.2, 0) is 10.4 Å². The summed E-state index contributed by atoms with van der Waals surface area (Å²) in [6.45, 7) is 7.15. The molecule has 0 fully saturated rings. The van der Waals surface area contributed by atoms with Crippen LogP contribution in [0.4, 0.5) is 0 Å². The van der Waals surface area contributed by atoms with Gasteiger partial charge in [-0.15, -0.1) is 0 Å². The predicted molar refractivity (Wildman–Crippen MR) is 125 cm³/mol. The average molecular weight is 477 g/mol. The van der Waals surface area contributed by atoms with Crippen LogP contribution in [0.15, 0.2) is 0 Å². The highest BCUT2D eigenvalue weighted by atomic mass is 35.5. The van der Waals surface area contributed by atoms with E-state index in [4.69, 9.17) is 17.5 Å². The summed E-state index contributed by atoms with van der Waals surface area (Å²) in [6, 6.07) is 0. The molecule has 0 atom stereocenters. The fourth-order valence-electron chi connectivity index (χ4n) is 2.71. The minimum Gasteiger partial charge on any atom is -1.00 e. The van der Waals surface area contributed by atoms with Gasteiger partial charge in [-0.1, -0.05) is 71.6 Å². The molecule has 0 unspecified atom stereocenters. The van der Waals surface area contributed by atoms with Gasteiger partial charge in [0.15, 0.2) is 0 Å². The van der Waals surface area contributed by atoms with E-state index in [1.54, 1.807) is 0 Å². The average Bonchev–Trinajstić information content (AvgIpc) is 2.52. The third-order valence-corrected chi connectivity index (χ3v) is 4.36. The second-order valence-electron chi connectivity index (χ2n) is 9.99. The van der Waals surface area contributed by atoms with Gasteiger partial charge < -0.3 is 25.9 Å². The van der Waals surface area contributed by atoms with E-state index in [1.165, 1.54) is 90.1 Å². The quantitative estimate of drug-likeness (QED) is 0.180. The number of quaternary nitrogens is 2. The molecule has 0 aromatic carbocycles. The van der Waals surface area contributed by atoms with E-state index < -0.39 is 10.4 Å². The Morgan fingerprint density at radius 1 is 0.600 bits per heavy atom. The normalized spacial score (nSPS) is 11.5. The molecule has 0 heterocycles. The van der Waals surface area contributed by atoms with E-state index in [1.807, 2.05) is 0 Å². The van der Waals surface area contributed by atoms with Crippen LogP contribution in [0.3, 0.4) is 0 Å². The highest BCUT2D eigenvalue weighted by molar-refractivity contribution is 7.79. The maximum absolute atomic E-state index is 8.63. The lowest BCUT2D eigenvalue weighted by Gasteiger charge is -2.23.